The van der Waals surface area contributed by atoms with E-state index < -0.39 is 0 Å². The number of aromatic nitrogens is 2. The number of carbonyl (C=O) groups is 1. The summed E-state index contributed by atoms with van der Waals surface area (Å²) in [4.78, 5) is 12.8. The van der Waals surface area contributed by atoms with Crippen molar-refractivity contribution in [2.24, 2.45) is 7.05 Å². The monoisotopic (exact) mass is 363 g/mol. The molecular weight excluding hydrogens is 342 g/mol. The van der Waals surface area contributed by atoms with Crippen LogP contribution in [0.25, 0.3) is 11.3 Å². The lowest BCUT2D eigenvalue weighted by Crippen LogP contribution is -2.12. The van der Waals surface area contributed by atoms with Crippen molar-refractivity contribution in [1.82, 2.24) is 9.78 Å². The molecule has 2 aromatic carbocycles. The number of amides is 1. The Labute approximate surface area is 157 Å². The minimum Gasteiger partial charge on any atom is -0.490 e. The highest BCUT2D eigenvalue weighted by Gasteiger charge is 2.19. The van der Waals surface area contributed by atoms with Gasteiger partial charge in [-0.1, -0.05) is 17.7 Å². The number of hydrogen-bond donors (Lipinski definition) is 1. The normalized spacial score (nSPS) is 13.1. The molecule has 2 heterocycles. The zero-order valence-electron chi connectivity index (χ0n) is 15.4. The van der Waals surface area contributed by atoms with Gasteiger partial charge in [0.2, 0.25) is 0 Å². The highest BCUT2D eigenvalue weighted by Crippen LogP contribution is 2.34. The average Bonchev–Trinajstić information content (AvgIpc) is 2.91. The van der Waals surface area contributed by atoms with Gasteiger partial charge >= 0.3 is 0 Å². The Kier molecular flexibility index (Phi) is 4.54. The molecule has 138 valence electrons. The second kappa shape index (κ2) is 7.15. The largest absolute Gasteiger partial charge is 0.490 e. The van der Waals surface area contributed by atoms with Gasteiger partial charge < -0.3 is 14.8 Å². The van der Waals surface area contributed by atoms with Crippen LogP contribution >= 0.6 is 0 Å². The van der Waals surface area contributed by atoms with Gasteiger partial charge in [-0.05, 0) is 37.3 Å². The second-order valence-corrected chi connectivity index (χ2v) is 6.60. The number of benzene rings is 2. The molecule has 0 radical (unpaired) electrons. The molecule has 3 aromatic rings. The molecule has 4 rings (SSSR count). The summed E-state index contributed by atoms with van der Waals surface area (Å²) in [6, 6.07) is 13.3. The zero-order chi connectivity index (χ0) is 18.8. The number of rotatable bonds is 3. The standard InChI is InChI=1S/C21H21N3O3/c1-14-4-7-16(8-5-14)22-21(25)17-13-24(2)23-20(17)15-6-9-18-19(12-15)27-11-3-10-26-18/h4-9,12-13H,3,10-11H2,1-2H3,(H,22,25). The van der Waals surface area contributed by atoms with Crippen molar-refractivity contribution in [3.8, 4) is 22.8 Å². The van der Waals surface area contributed by atoms with Crippen LogP contribution in [-0.2, 0) is 7.05 Å². The minimum absolute atomic E-state index is 0.200. The van der Waals surface area contributed by atoms with Crippen LogP contribution in [0, 0.1) is 6.92 Å². The van der Waals surface area contributed by atoms with Crippen molar-refractivity contribution in [3.63, 3.8) is 0 Å². The van der Waals surface area contributed by atoms with Gasteiger partial charge in [0.15, 0.2) is 11.5 Å². The maximum atomic E-state index is 12.8. The van der Waals surface area contributed by atoms with Gasteiger partial charge in [0.1, 0.15) is 5.69 Å². The van der Waals surface area contributed by atoms with Crippen LogP contribution < -0.4 is 14.8 Å². The van der Waals surface area contributed by atoms with Crippen LogP contribution in [0.5, 0.6) is 11.5 Å². The Morgan fingerprint density at radius 1 is 1.07 bits per heavy atom. The first-order valence-corrected chi connectivity index (χ1v) is 8.92. The molecule has 1 aliphatic heterocycles. The summed E-state index contributed by atoms with van der Waals surface area (Å²) in [5.74, 6) is 1.20. The summed E-state index contributed by atoms with van der Waals surface area (Å²) in [7, 11) is 1.80. The summed E-state index contributed by atoms with van der Waals surface area (Å²) in [6.07, 6.45) is 2.57. The van der Waals surface area contributed by atoms with Gasteiger partial charge in [0.05, 0.1) is 18.8 Å². The third-order valence-corrected chi connectivity index (χ3v) is 4.40. The quantitative estimate of drug-likeness (QED) is 0.768. The minimum atomic E-state index is -0.200. The first-order valence-electron chi connectivity index (χ1n) is 8.92. The third kappa shape index (κ3) is 3.65. The molecule has 1 aromatic heterocycles. The molecule has 0 saturated carbocycles. The fraction of sp³-hybridized carbons (Fsp3) is 0.238. The van der Waals surface area contributed by atoms with E-state index in [0.29, 0.717) is 30.2 Å². The Bertz CT molecular complexity index is 977. The van der Waals surface area contributed by atoms with E-state index >= 15 is 0 Å². The van der Waals surface area contributed by atoms with Gasteiger partial charge in [0, 0.05) is 30.9 Å². The third-order valence-electron chi connectivity index (χ3n) is 4.40. The van der Waals surface area contributed by atoms with E-state index in [1.54, 1.807) is 17.9 Å². The molecular formula is C21H21N3O3. The lowest BCUT2D eigenvalue weighted by molar-refractivity contribution is 0.102. The lowest BCUT2D eigenvalue weighted by Gasteiger charge is -2.09. The Balaban J connectivity index is 1.65. The number of nitrogens with zero attached hydrogens (tertiary/aromatic N) is 2. The van der Waals surface area contributed by atoms with Crippen molar-refractivity contribution in [2.75, 3.05) is 18.5 Å². The molecule has 1 N–H and O–H groups in total. The maximum absolute atomic E-state index is 12.8. The molecule has 0 bridgehead atoms. The van der Waals surface area contributed by atoms with Crippen molar-refractivity contribution in [2.45, 2.75) is 13.3 Å². The van der Waals surface area contributed by atoms with Gasteiger partial charge in [-0.2, -0.15) is 5.10 Å². The van der Waals surface area contributed by atoms with E-state index in [4.69, 9.17) is 9.47 Å². The van der Waals surface area contributed by atoms with E-state index in [2.05, 4.69) is 10.4 Å². The van der Waals surface area contributed by atoms with Gasteiger partial charge in [-0.25, -0.2) is 0 Å². The van der Waals surface area contributed by atoms with E-state index in [1.165, 1.54) is 0 Å². The van der Waals surface area contributed by atoms with Crippen molar-refractivity contribution >= 4 is 11.6 Å². The maximum Gasteiger partial charge on any atom is 0.259 e. The molecule has 6 heteroatoms. The fourth-order valence-corrected chi connectivity index (χ4v) is 3.01. The highest BCUT2D eigenvalue weighted by molar-refractivity contribution is 6.08. The smallest absolute Gasteiger partial charge is 0.259 e. The average molecular weight is 363 g/mol. The van der Waals surface area contributed by atoms with Crippen LogP contribution in [0.4, 0.5) is 5.69 Å². The first kappa shape index (κ1) is 17.1. The zero-order valence-corrected chi connectivity index (χ0v) is 15.4. The molecule has 0 aliphatic carbocycles. The summed E-state index contributed by atoms with van der Waals surface area (Å²) in [5, 5.41) is 7.42. The predicted octanol–water partition coefficient (Wildman–Crippen LogP) is 3.81. The Morgan fingerprint density at radius 3 is 2.59 bits per heavy atom. The summed E-state index contributed by atoms with van der Waals surface area (Å²) in [6.45, 7) is 3.26. The second-order valence-electron chi connectivity index (χ2n) is 6.60. The topological polar surface area (TPSA) is 65.4 Å². The van der Waals surface area contributed by atoms with E-state index in [-0.39, 0.29) is 5.91 Å². The van der Waals surface area contributed by atoms with Crippen LogP contribution in [0.15, 0.2) is 48.7 Å². The molecule has 0 spiro atoms. The van der Waals surface area contributed by atoms with E-state index in [0.717, 1.165) is 29.0 Å². The summed E-state index contributed by atoms with van der Waals surface area (Å²) < 4.78 is 13.1. The number of carbonyl (C=O) groups excluding carboxylic acids is 1. The molecule has 6 nitrogen and oxygen atoms in total. The van der Waals surface area contributed by atoms with E-state index in [9.17, 15) is 4.79 Å². The van der Waals surface area contributed by atoms with Crippen LogP contribution in [-0.4, -0.2) is 28.9 Å². The lowest BCUT2D eigenvalue weighted by atomic mass is 10.1. The number of fused-ring (bicyclic) bond motifs is 1. The molecule has 0 unspecified atom stereocenters. The molecule has 1 amide bonds. The van der Waals surface area contributed by atoms with Crippen LogP contribution in [0.3, 0.4) is 0 Å². The Hall–Kier alpha value is -3.28. The summed E-state index contributed by atoms with van der Waals surface area (Å²) in [5.41, 5.74) is 3.82. The first-order chi connectivity index (χ1) is 13.1. The number of aryl methyl sites for hydroxylation is 2. The summed E-state index contributed by atoms with van der Waals surface area (Å²) >= 11 is 0. The molecule has 0 fully saturated rings. The van der Waals surface area contributed by atoms with Gasteiger partial charge in [-0.3, -0.25) is 9.48 Å². The van der Waals surface area contributed by atoms with Gasteiger partial charge in [0.25, 0.3) is 5.91 Å². The van der Waals surface area contributed by atoms with Crippen LogP contribution in [0.1, 0.15) is 22.3 Å². The van der Waals surface area contributed by atoms with Crippen molar-refractivity contribution in [3.05, 3.63) is 59.8 Å². The number of nitrogens with one attached hydrogen (secondary N) is 1. The number of anilines is 1. The Morgan fingerprint density at radius 2 is 1.81 bits per heavy atom. The van der Waals surface area contributed by atoms with E-state index in [1.807, 2.05) is 49.4 Å². The predicted molar refractivity (Wildman–Crippen MR) is 103 cm³/mol. The van der Waals surface area contributed by atoms with Crippen molar-refractivity contribution in [1.29, 1.82) is 0 Å². The van der Waals surface area contributed by atoms with Crippen molar-refractivity contribution < 1.29 is 14.3 Å². The number of hydrogen-bond acceptors (Lipinski definition) is 4. The molecule has 1 aliphatic rings. The van der Waals surface area contributed by atoms with Crippen LogP contribution in [0.2, 0.25) is 0 Å². The van der Waals surface area contributed by atoms with Gasteiger partial charge in [-0.15, -0.1) is 0 Å². The highest BCUT2D eigenvalue weighted by atomic mass is 16.5. The number of ether oxygens (including phenoxy) is 2. The fourth-order valence-electron chi connectivity index (χ4n) is 3.01. The molecule has 0 saturated heterocycles. The SMILES string of the molecule is Cc1ccc(NC(=O)c2cn(C)nc2-c2ccc3c(c2)OCCCO3)cc1. The molecule has 0 atom stereocenters. The molecule has 27 heavy (non-hydrogen) atoms.